The Morgan fingerprint density at radius 1 is 0.973 bits per heavy atom. The summed E-state index contributed by atoms with van der Waals surface area (Å²) in [6, 6.07) is 21.2. The SMILES string of the molecule is COc1ccc(NC(=O)CN2C(=O)/C(=C3/SC(=S)N(Cc4ccccc4Cl)C3=O)c3ccccc32)cc1. The zero-order chi connectivity index (χ0) is 26.1. The van der Waals surface area contributed by atoms with Crippen molar-refractivity contribution in [3.05, 3.63) is 93.9 Å². The van der Waals surface area contributed by atoms with Gasteiger partial charge in [0, 0.05) is 16.3 Å². The molecule has 1 N–H and O–H groups in total. The van der Waals surface area contributed by atoms with Crippen LogP contribution in [0.1, 0.15) is 11.1 Å². The highest BCUT2D eigenvalue weighted by atomic mass is 35.5. The van der Waals surface area contributed by atoms with E-state index in [2.05, 4.69) is 5.32 Å². The van der Waals surface area contributed by atoms with Crippen LogP contribution in [0.25, 0.3) is 5.57 Å². The summed E-state index contributed by atoms with van der Waals surface area (Å²) in [5.41, 5.74) is 2.71. The molecule has 1 fully saturated rings. The van der Waals surface area contributed by atoms with Crippen LogP contribution in [-0.4, -0.2) is 40.6 Å². The van der Waals surface area contributed by atoms with Crippen molar-refractivity contribution in [2.45, 2.75) is 6.54 Å². The molecule has 0 radical (unpaired) electrons. The van der Waals surface area contributed by atoms with Gasteiger partial charge in [-0.3, -0.25) is 24.2 Å². The van der Waals surface area contributed by atoms with Gasteiger partial charge >= 0.3 is 0 Å². The van der Waals surface area contributed by atoms with Gasteiger partial charge in [0.1, 0.15) is 16.6 Å². The Labute approximate surface area is 228 Å². The number of amides is 3. The minimum absolute atomic E-state index is 0.199. The zero-order valence-corrected chi connectivity index (χ0v) is 22.0. The number of carbonyl (C=O) groups excluding carboxylic acids is 3. The number of thiocarbonyl (C=S) groups is 1. The van der Waals surface area contributed by atoms with Gasteiger partial charge in [-0.05, 0) is 42.0 Å². The Morgan fingerprint density at radius 3 is 2.41 bits per heavy atom. The average molecular weight is 550 g/mol. The van der Waals surface area contributed by atoms with Crippen LogP contribution in [0.2, 0.25) is 5.02 Å². The minimum Gasteiger partial charge on any atom is -0.497 e. The lowest BCUT2D eigenvalue weighted by atomic mass is 10.1. The number of carbonyl (C=O) groups is 3. The fraction of sp³-hybridized carbons (Fsp3) is 0.111. The summed E-state index contributed by atoms with van der Waals surface area (Å²) in [5, 5.41) is 3.32. The fourth-order valence-electron chi connectivity index (χ4n) is 4.16. The van der Waals surface area contributed by atoms with E-state index in [1.54, 1.807) is 61.7 Å². The molecule has 0 spiro atoms. The summed E-state index contributed by atoms with van der Waals surface area (Å²) in [5.74, 6) is -0.499. The van der Waals surface area contributed by atoms with Crippen molar-refractivity contribution in [1.29, 1.82) is 0 Å². The molecule has 3 aromatic rings. The average Bonchev–Trinajstić information content (AvgIpc) is 3.33. The van der Waals surface area contributed by atoms with Crippen molar-refractivity contribution in [3.63, 3.8) is 0 Å². The van der Waals surface area contributed by atoms with Crippen molar-refractivity contribution in [1.82, 2.24) is 4.90 Å². The van der Waals surface area contributed by atoms with Crippen LogP contribution < -0.4 is 15.0 Å². The van der Waals surface area contributed by atoms with E-state index in [0.717, 1.165) is 17.3 Å². The third-order valence-corrected chi connectivity index (χ3v) is 7.78. The smallest absolute Gasteiger partial charge is 0.267 e. The summed E-state index contributed by atoms with van der Waals surface area (Å²) in [7, 11) is 1.56. The number of halogens is 1. The van der Waals surface area contributed by atoms with E-state index in [1.807, 2.05) is 18.2 Å². The van der Waals surface area contributed by atoms with Crippen molar-refractivity contribution >= 4 is 74.6 Å². The molecule has 0 unspecified atom stereocenters. The van der Waals surface area contributed by atoms with E-state index in [4.69, 9.17) is 28.6 Å². The number of hydrogen-bond acceptors (Lipinski definition) is 6. The molecule has 7 nitrogen and oxygen atoms in total. The summed E-state index contributed by atoms with van der Waals surface area (Å²) in [6.07, 6.45) is 0. The molecule has 186 valence electrons. The maximum Gasteiger partial charge on any atom is 0.267 e. The molecule has 0 bridgehead atoms. The van der Waals surface area contributed by atoms with Crippen molar-refractivity contribution in [3.8, 4) is 5.75 Å². The van der Waals surface area contributed by atoms with Gasteiger partial charge in [-0.1, -0.05) is 72.0 Å². The van der Waals surface area contributed by atoms with Gasteiger partial charge in [-0.15, -0.1) is 0 Å². The molecule has 10 heteroatoms. The van der Waals surface area contributed by atoms with Gasteiger partial charge in [0.2, 0.25) is 5.91 Å². The van der Waals surface area contributed by atoms with Gasteiger partial charge in [0.15, 0.2) is 0 Å². The molecular formula is C27H20ClN3O4S2. The molecule has 2 heterocycles. The maximum atomic E-state index is 13.6. The number of anilines is 2. The summed E-state index contributed by atoms with van der Waals surface area (Å²) < 4.78 is 5.48. The van der Waals surface area contributed by atoms with Crippen LogP contribution >= 0.6 is 35.6 Å². The van der Waals surface area contributed by atoms with Crippen molar-refractivity contribution in [2.24, 2.45) is 0 Å². The van der Waals surface area contributed by atoms with Gasteiger partial charge < -0.3 is 10.1 Å². The number of rotatable bonds is 6. The molecule has 1 saturated heterocycles. The number of benzene rings is 3. The normalized spacial score (nSPS) is 16.9. The van der Waals surface area contributed by atoms with Crippen LogP contribution in [-0.2, 0) is 20.9 Å². The predicted octanol–water partition coefficient (Wildman–Crippen LogP) is 5.11. The predicted molar refractivity (Wildman–Crippen MR) is 150 cm³/mol. The van der Waals surface area contributed by atoms with E-state index in [1.165, 1.54) is 9.80 Å². The monoisotopic (exact) mass is 549 g/mol. The van der Waals surface area contributed by atoms with E-state index >= 15 is 0 Å². The molecule has 0 aliphatic carbocycles. The maximum absolute atomic E-state index is 13.6. The lowest BCUT2D eigenvalue weighted by Gasteiger charge is -2.17. The number of nitrogens with one attached hydrogen (secondary N) is 1. The first-order valence-corrected chi connectivity index (χ1v) is 12.8. The van der Waals surface area contributed by atoms with Gasteiger partial charge in [0.05, 0.1) is 29.8 Å². The molecule has 2 aliphatic rings. The van der Waals surface area contributed by atoms with E-state index < -0.39 is 5.91 Å². The highest BCUT2D eigenvalue weighted by Gasteiger charge is 2.42. The Kier molecular flexibility index (Phi) is 7.01. The molecule has 0 saturated carbocycles. The van der Waals surface area contributed by atoms with Crippen LogP contribution in [0.15, 0.2) is 77.7 Å². The standard InChI is InChI=1S/C27H20ClN3O4S2/c1-35-18-12-10-17(11-13-18)29-22(32)15-30-21-9-5-3-7-19(21)23(25(30)33)24-26(34)31(27(36)37-24)14-16-6-2-4-8-20(16)28/h2-13H,14-15H2,1H3,(H,29,32)/b24-23+. The summed E-state index contributed by atoms with van der Waals surface area (Å²) in [6.45, 7) is -0.0176. The number of fused-ring (bicyclic) bond motifs is 1. The second kappa shape index (κ2) is 10.4. The lowest BCUT2D eigenvalue weighted by Crippen LogP contribution is -2.35. The first kappa shape index (κ1) is 25.0. The zero-order valence-electron chi connectivity index (χ0n) is 19.6. The van der Waals surface area contributed by atoms with Crippen LogP contribution in [0, 0.1) is 0 Å². The van der Waals surface area contributed by atoms with Gasteiger partial charge in [-0.25, -0.2) is 0 Å². The summed E-state index contributed by atoms with van der Waals surface area (Å²) in [4.78, 5) is 43.0. The third-order valence-electron chi connectivity index (χ3n) is 5.96. The van der Waals surface area contributed by atoms with Crippen LogP contribution in [0.4, 0.5) is 11.4 Å². The Morgan fingerprint density at radius 2 is 1.68 bits per heavy atom. The number of nitrogens with zero attached hydrogens (tertiary/aromatic N) is 2. The molecule has 3 amide bonds. The second-order valence-electron chi connectivity index (χ2n) is 8.24. The first-order chi connectivity index (χ1) is 17.9. The lowest BCUT2D eigenvalue weighted by molar-refractivity contribution is -0.122. The minimum atomic E-state index is -0.427. The van der Waals surface area contributed by atoms with E-state index in [9.17, 15) is 14.4 Å². The fourth-order valence-corrected chi connectivity index (χ4v) is 5.68. The van der Waals surface area contributed by atoms with Crippen molar-refractivity contribution < 1.29 is 19.1 Å². The topological polar surface area (TPSA) is 79.0 Å². The summed E-state index contributed by atoms with van der Waals surface area (Å²) >= 11 is 12.9. The van der Waals surface area contributed by atoms with E-state index in [0.29, 0.717) is 32.0 Å². The number of methoxy groups -OCH3 is 1. The van der Waals surface area contributed by atoms with E-state index in [-0.39, 0.29) is 35.4 Å². The number of thioether (sulfide) groups is 1. The Bertz CT molecular complexity index is 1470. The van der Waals surface area contributed by atoms with Crippen LogP contribution in [0.5, 0.6) is 5.75 Å². The molecule has 2 aliphatic heterocycles. The molecule has 0 atom stereocenters. The number of ether oxygens (including phenoxy) is 1. The number of hydrogen-bond donors (Lipinski definition) is 1. The first-order valence-electron chi connectivity index (χ1n) is 11.2. The Balaban J connectivity index is 1.41. The molecule has 37 heavy (non-hydrogen) atoms. The van der Waals surface area contributed by atoms with Gasteiger partial charge in [0.25, 0.3) is 11.8 Å². The van der Waals surface area contributed by atoms with Crippen LogP contribution in [0.3, 0.4) is 0 Å². The Hall–Kier alpha value is -3.66. The number of para-hydroxylation sites is 1. The van der Waals surface area contributed by atoms with Crippen molar-refractivity contribution in [2.75, 3.05) is 23.9 Å². The highest BCUT2D eigenvalue weighted by Crippen LogP contribution is 2.45. The largest absolute Gasteiger partial charge is 0.497 e. The highest BCUT2D eigenvalue weighted by molar-refractivity contribution is 8.26. The molecular weight excluding hydrogens is 530 g/mol. The third kappa shape index (κ3) is 4.85. The molecule has 5 rings (SSSR count). The van der Waals surface area contributed by atoms with Gasteiger partial charge in [-0.2, -0.15) is 0 Å². The molecule has 0 aromatic heterocycles. The molecule has 3 aromatic carbocycles. The second-order valence-corrected chi connectivity index (χ2v) is 10.3. The quantitative estimate of drug-likeness (QED) is 0.340.